The Hall–Kier alpha value is -3.71. The number of aryl methyl sites for hydroxylation is 1. The first-order valence-corrected chi connectivity index (χ1v) is 9.06. The van der Waals surface area contributed by atoms with Gasteiger partial charge in [-0.25, -0.2) is 4.85 Å². The van der Waals surface area contributed by atoms with E-state index in [9.17, 15) is 0 Å². The number of benzene rings is 3. The largest absolute Gasteiger partial charge is 0.496 e. The van der Waals surface area contributed by atoms with E-state index in [0.717, 1.165) is 50.3 Å². The lowest BCUT2D eigenvalue weighted by Crippen LogP contribution is -1.94. The summed E-state index contributed by atoms with van der Waals surface area (Å²) in [7, 11) is 1.68. The number of rotatable bonds is 3. The molecule has 0 atom stereocenters. The van der Waals surface area contributed by atoms with E-state index < -0.39 is 0 Å². The highest BCUT2D eigenvalue weighted by Crippen LogP contribution is 2.38. The number of aromatic nitrogens is 1. The van der Waals surface area contributed by atoms with E-state index in [1.54, 1.807) is 7.11 Å². The molecule has 0 aliphatic carbocycles. The van der Waals surface area contributed by atoms with Crippen LogP contribution in [0.4, 0.5) is 11.4 Å². The molecular weight excluding hydrogens is 346 g/mol. The van der Waals surface area contributed by atoms with Crippen LogP contribution in [-0.4, -0.2) is 11.7 Å². The number of nitrogen functional groups attached to an aromatic ring is 1. The van der Waals surface area contributed by atoms with Crippen LogP contribution >= 0.6 is 0 Å². The van der Waals surface area contributed by atoms with Crippen LogP contribution in [0.25, 0.3) is 32.6 Å². The summed E-state index contributed by atoms with van der Waals surface area (Å²) in [5.74, 6) is 0.863. The van der Waals surface area contributed by atoms with Crippen molar-refractivity contribution in [2.45, 2.75) is 13.8 Å². The molecule has 28 heavy (non-hydrogen) atoms. The first-order chi connectivity index (χ1) is 13.5. The van der Waals surface area contributed by atoms with E-state index in [1.165, 1.54) is 0 Å². The summed E-state index contributed by atoms with van der Waals surface area (Å²) >= 11 is 0. The topological polar surface area (TPSA) is 44.5 Å². The molecule has 2 N–H and O–H groups in total. The molecule has 4 heteroatoms. The van der Waals surface area contributed by atoms with Crippen molar-refractivity contribution in [3.8, 4) is 22.6 Å². The molecule has 0 amide bonds. The highest BCUT2D eigenvalue weighted by atomic mass is 16.5. The lowest BCUT2D eigenvalue weighted by atomic mass is 9.99. The second kappa shape index (κ2) is 6.79. The quantitative estimate of drug-likeness (QED) is 0.353. The number of ether oxygens (including phenoxy) is 1. The Balaban J connectivity index is 2.03. The zero-order valence-electron chi connectivity index (χ0n) is 16.2. The molecule has 0 aliphatic heterocycles. The Morgan fingerprint density at radius 2 is 1.82 bits per heavy atom. The van der Waals surface area contributed by atoms with Crippen molar-refractivity contribution in [3.05, 3.63) is 83.3 Å². The Morgan fingerprint density at radius 3 is 2.54 bits per heavy atom. The molecule has 0 bridgehead atoms. The molecule has 4 aromatic rings. The van der Waals surface area contributed by atoms with Crippen molar-refractivity contribution >= 4 is 22.3 Å². The predicted molar refractivity (Wildman–Crippen MR) is 115 cm³/mol. The van der Waals surface area contributed by atoms with Gasteiger partial charge in [0.15, 0.2) is 5.69 Å². The number of hydrogen-bond donors (Lipinski definition) is 1. The van der Waals surface area contributed by atoms with Gasteiger partial charge >= 0.3 is 0 Å². The highest BCUT2D eigenvalue weighted by molar-refractivity contribution is 6.00. The molecule has 0 fully saturated rings. The summed E-state index contributed by atoms with van der Waals surface area (Å²) in [5, 5.41) is 1.04. The maximum atomic E-state index is 7.40. The van der Waals surface area contributed by atoms with E-state index in [-0.39, 0.29) is 0 Å². The maximum absolute atomic E-state index is 7.40. The molecular formula is C24H21N3O. The molecule has 4 rings (SSSR count). The van der Waals surface area contributed by atoms with Crippen LogP contribution in [0.5, 0.6) is 5.75 Å². The number of nitrogens with zero attached hydrogens (tertiary/aromatic N) is 2. The second-order valence-electron chi connectivity index (χ2n) is 6.90. The van der Waals surface area contributed by atoms with Crippen LogP contribution in [0.3, 0.4) is 0 Å². The van der Waals surface area contributed by atoms with Crippen molar-refractivity contribution in [3.63, 3.8) is 0 Å². The third-order valence-corrected chi connectivity index (χ3v) is 5.24. The van der Waals surface area contributed by atoms with Crippen molar-refractivity contribution < 1.29 is 4.74 Å². The van der Waals surface area contributed by atoms with Gasteiger partial charge in [-0.05, 0) is 72.3 Å². The average Bonchev–Trinajstić information content (AvgIpc) is 3.08. The Kier molecular flexibility index (Phi) is 4.29. The SMILES string of the molecule is [C-]#[N+]c1ccc2c(c1)c(-c1cccc(N)c1C)cn2-c1ccc(OC)c(C)c1. The Bertz CT molecular complexity index is 1240. The van der Waals surface area contributed by atoms with Gasteiger partial charge in [0.25, 0.3) is 0 Å². The minimum absolute atomic E-state index is 0.624. The second-order valence-corrected chi connectivity index (χ2v) is 6.90. The van der Waals surface area contributed by atoms with E-state index in [0.29, 0.717) is 5.69 Å². The minimum atomic E-state index is 0.624. The average molecular weight is 367 g/mol. The first kappa shape index (κ1) is 17.7. The third kappa shape index (κ3) is 2.78. The van der Waals surface area contributed by atoms with Crippen molar-refractivity contribution in [1.29, 1.82) is 0 Å². The van der Waals surface area contributed by atoms with Crippen LogP contribution in [-0.2, 0) is 0 Å². The highest BCUT2D eigenvalue weighted by Gasteiger charge is 2.15. The summed E-state index contributed by atoms with van der Waals surface area (Å²) < 4.78 is 7.56. The number of nitrogens with two attached hydrogens (primary N) is 1. The van der Waals surface area contributed by atoms with Crippen LogP contribution in [0.2, 0.25) is 0 Å². The summed E-state index contributed by atoms with van der Waals surface area (Å²) in [4.78, 5) is 3.61. The van der Waals surface area contributed by atoms with Gasteiger partial charge in [-0.15, -0.1) is 0 Å². The molecule has 4 nitrogen and oxygen atoms in total. The van der Waals surface area contributed by atoms with Crippen LogP contribution in [0.15, 0.2) is 60.8 Å². The zero-order chi connectivity index (χ0) is 19.8. The molecule has 0 unspecified atom stereocenters. The van der Waals surface area contributed by atoms with Crippen LogP contribution < -0.4 is 10.5 Å². The molecule has 0 aliphatic rings. The predicted octanol–water partition coefficient (Wildman–Crippen LogP) is 6.06. The summed E-state index contributed by atoms with van der Waals surface area (Å²) in [5.41, 5.74) is 13.9. The number of anilines is 1. The van der Waals surface area contributed by atoms with Crippen LogP contribution in [0.1, 0.15) is 11.1 Å². The summed E-state index contributed by atoms with van der Waals surface area (Å²) in [6.07, 6.45) is 2.13. The fourth-order valence-corrected chi connectivity index (χ4v) is 3.67. The van der Waals surface area contributed by atoms with Gasteiger partial charge in [0.1, 0.15) is 5.75 Å². The van der Waals surface area contributed by atoms with Crippen molar-refractivity contribution in [1.82, 2.24) is 4.57 Å². The lowest BCUT2D eigenvalue weighted by molar-refractivity contribution is 0.411. The number of fused-ring (bicyclic) bond motifs is 1. The summed E-state index contributed by atoms with van der Waals surface area (Å²) in [6, 6.07) is 17.9. The van der Waals surface area contributed by atoms with E-state index in [2.05, 4.69) is 27.7 Å². The molecule has 0 spiro atoms. The van der Waals surface area contributed by atoms with E-state index in [4.69, 9.17) is 17.0 Å². The van der Waals surface area contributed by atoms with Crippen molar-refractivity contribution in [2.24, 2.45) is 0 Å². The zero-order valence-corrected chi connectivity index (χ0v) is 16.2. The van der Waals surface area contributed by atoms with Gasteiger partial charge in [-0.2, -0.15) is 0 Å². The maximum Gasteiger partial charge on any atom is 0.188 e. The molecule has 0 saturated carbocycles. The summed E-state index contributed by atoms with van der Waals surface area (Å²) in [6.45, 7) is 11.5. The molecule has 1 heterocycles. The standard InChI is InChI=1S/C24H21N3O/c1-15-12-18(9-11-24(15)28-4)27-14-21(19-6-5-7-22(25)16(19)2)20-13-17(26-3)8-10-23(20)27/h5-14H,25H2,1-2,4H3. The molecule has 0 radical (unpaired) electrons. The van der Waals surface area contributed by atoms with Gasteiger partial charge in [0.2, 0.25) is 0 Å². The molecule has 138 valence electrons. The smallest absolute Gasteiger partial charge is 0.188 e. The minimum Gasteiger partial charge on any atom is -0.496 e. The normalized spacial score (nSPS) is 10.8. The Labute approximate surface area is 164 Å². The van der Waals surface area contributed by atoms with E-state index in [1.807, 2.05) is 56.3 Å². The number of hydrogen-bond acceptors (Lipinski definition) is 2. The fourth-order valence-electron chi connectivity index (χ4n) is 3.67. The monoisotopic (exact) mass is 367 g/mol. The first-order valence-electron chi connectivity index (χ1n) is 9.06. The van der Waals surface area contributed by atoms with Gasteiger partial charge in [0, 0.05) is 23.1 Å². The van der Waals surface area contributed by atoms with Crippen molar-refractivity contribution in [2.75, 3.05) is 12.8 Å². The Morgan fingerprint density at radius 1 is 1.00 bits per heavy atom. The van der Waals surface area contributed by atoms with E-state index >= 15 is 0 Å². The lowest BCUT2D eigenvalue weighted by Gasteiger charge is -2.10. The van der Waals surface area contributed by atoms with Gasteiger partial charge in [0.05, 0.1) is 19.2 Å². The molecule has 0 saturated heterocycles. The van der Waals surface area contributed by atoms with Crippen LogP contribution in [0, 0.1) is 20.4 Å². The fraction of sp³-hybridized carbons (Fsp3) is 0.125. The van der Waals surface area contributed by atoms with Gasteiger partial charge in [-0.3, -0.25) is 0 Å². The molecule has 3 aromatic carbocycles. The third-order valence-electron chi connectivity index (χ3n) is 5.24. The molecule has 1 aromatic heterocycles. The van der Waals surface area contributed by atoms with Gasteiger partial charge in [-0.1, -0.05) is 18.2 Å². The number of methoxy groups -OCH3 is 1. The van der Waals surface area contributed by atoms with Gasteiger partial charge < -0.3 is 15.0 Å².